The Hall–Kier alpha value is -0.0300. The molecular formula is C10H20Cl2N2O2. The zero-order valence-electron chi connectivity index (χ0n) is 9.22. The summed E-state index contributed by atoms with van der Waals surface area (Å²) in [4.78, 5) is 12.9. The van der Waals surface area contributed by atoms with Gasteiger partial charge in [-0.05, 0) is 31.8 Å². The normalized spacial score (nSPS) is 22.8. The molecule has 0 radical (unpaired) electrons. The number of aliphatic carboxylic acids is 1. The summed E-state index contributed by atoms with van der Waals surface area (Å²) in [7, 11) is 0. The van der Waals surface area contributed by atoms with Crippen LogP contribution in [0.25, 0.3) is 0 Å². The molecule has 0 aliphatic carbocycles. The van der Waals surface area contributed by atoms with E-state index in [0.29, 0.717) is 0 Å². The quantitative estimate of drug-likeness (QED) is 0.799. The number of carboxylic acid groups (broad SMARTS) is 1. The second-order valence-corrected chi connectivity index (χ2v) is 4.45. The summed E-state index contributed by atoms with van der Waals surface area (Å²) >= 11 is 0. The minimum atomic E-state index is -0.633. The second-order valence-electron chi connectivity index (χ2n) is 4.45. The largest absolute Gasteiger partial charge is 0.481 e. The molecule has 4 nitrogen and oxygen atoms in total. The molecule has 0 spiro atoms. The number of carboxylic acids is 1. The van der Waals surface area contributed by atoms with Gasteiger partial charge in [0, 0.05) is 19.6 Å². The van der Waals surface area contributed by atoms with Crippen molar-refractivity contribution in [3.8, 4) is 0 Å². The van der Waals surface area contributed by atoms with Crippen LogP contribution in [-0.4, -0.2) is 48.7 Å². The molecule has 2 rings (SSSR count). The molecule has 2 N–H and O–H groups in total. The van der Waals surface area contributed by atoms with Crippen molar-refractivity contribution in [2.45, 2.75) is 12.8 Å². The number of hydrogen-bond acceptors (Lipinski definition) is 3. The van der Waals surface area contributed by atoms with E-state index in [1.165, 1.54) is 12.8 Å². The zero-order valence-corrected chi connectivity index (χ0v) is 10.9. The number of nitrogens with one attached hydrogen (secondary N) is 1. The highest BCUT2D eigenvalue weighted by atomic mass is 35.5. The summed E-state index contributed by atoms with van der Waals surface area (Å²) in [5, 5.41) is 12.1. The minimum Gasteiger partial charge on any atom is -0.481 e. The van der Waals surface area contributed by atoms with Crippen LogP contribution in [0.4, 0.5) is 0 Å². The van der Waals surface area contributed by atoms with Crippen molar-refractivity contribution in [2.24, 2.45) is 11.8 Å². The van der Waals surface area contributed by atoms with Crippen LogP contribution in [0, 0.1) is 11.8 Å². The van der Waals surface area contributed by atoms with Crippen LogP contribution in [-0.2, 0) is 4.79 Å². The van der Waals surface area contributed by atoms with Gasteiger partial charge in [0.2, 0.25) is 0 Å². The van der Waals surface area contributed by atoms with Crippen molar-refractivity contribution in [2.75, 3.05) is 32.7 Å². The molecule has 96 valence electrons. The highest BCUT2D eigenvalue weighted by Gasteiger charge is 2.33. The third-order valence-electron chi connectivity index (χ3n) is 3.28. The molecule has 0 atom stereocenters. The number of hydrogen-bond donors (Lipinski definition) is 2. The smallest absolute Gasteiger partial charge is 0.309 e. The van der Waals surface area contributed by atoms with Gasteiger partial charge in [0.1, 0.15) is 0 Å². The van der Waals surface area contributed by atoms with Crippen molar-refractivity contribution in [3.63, 3.8) is 0 Å². The lowest BCUT2D eigenvalue weighted by molar-refractivity contribution is -0.147. The van der Waals surface area contributed by atoms with Gasteiger partial charge in [-0.15, -0.1) is 24.8 Å². The fourth-order valence-electron chi connectivity index (χ4n) is 2.30. The summed E-state index contributed by atoms with van der Waals surface area (Å²) in [5.41, 5.74) is 0. The standard InChI is InChI=1S/C10H18N2O2.2ClH/c13-10(14)9-6-12(7-9)5-8-1-3-11-4-2-8;;/h8-9,11H,1-7H2,(H,13,14);2*1H. The first-order valence-corrected chi connectivity index (χ1v) is 5.41. The molecule has 2 heterocycles. The maximum atomic E-state index is 10.6. The van der Waals surface area contributed by atoms with Crippen molar-refractivity contribution in [3.05, 3.63) is 0 Å². The van der Waals surface area contributed by atoms with E-state index in [4.69, 9.17) is 5.11 Å². The molecule has 16 heavy (non-hydrogen) atoms. The molecule has 6 heteroatoms. The average Bonchev–Trinajstić information content (AvgIpc) is 2.12. The van der Waals surface area contributed by atoms with E-state index in [0.717, 1.165) is 38.6 Å². The third-order valence-corrected chi connectivity index (χ3v) is 3.28. The molecule has 0 bridgehead atoms. The Balaban J connectivity index is 0.00000112. The molecule has 0 aromatic rings. The van der Waals surface area contributed by atoms with Crippen LogP contribution in [0.5, 0.6) is 0 Å². The van der Waals surface area contributed by atoms with Crippen molar-refractivity contribution in [1.29, 1.82) is 0 Å². The predicted molar refractivity (Wildman–Crippen MR) is 67.7 cm³/mol. The van der Waals surface area contributed by atoms with E-state index in [2.05, 4.69) is 10.2 Å². The first-order chi connectivity index (χ1) is 6.75. The van der Waals surface area contributed by atoms with Crippen LogP contribution in [0.2, 0.25) is 0 Å². The van der Waals surface area contributed by atoms with E-state index < -0.39 is 5.97 Å². The topological polar surface area (TPSA) is 52.6 Å². The monoisotopic (exact) mass is 270 g/mol. The molecule has 0 amide bonds. The highest BCUT2D eigenvalue weighted by Crippen LogP contribution is 2.20. The maximum Gasteiger partial charge on any atom is 0.309 e. The maximum absolute atomic E-state index is 10.6. The molecule has 2 aliphatic rings. The Bertz CT molecular complexity index is 217. The molecule has 0 saturated carbocycles. The van der Waals surface area contributed by atoms with Crippen LogP contribution in [0.3, 0.4) is 0 Å². The lowest BCUT2D eigenvalue weighted by Crippen LogP contribution is -2.52. The fourth-order valence-corrected chi connectivity index (χ4v) is 2.30. The van der Waals surface area contributed by atoms with E-state index in [9.17, 15) is 4.79 Å². The first kappa shape index (κ1) is 16.0. The SMILES string of the molecule is Cl.Cl.O=C(O)C1CN(CC2CCNCC2)C1. The number of likely N-dealkylation sites (tertiary alicyclic amines) is 1. The molecule has 0 aromatic carbocycles. The van der Waals surface area contributed by atoms with Gasteiger partial charge in [0.25, 0.3) is 0 Å². The minimum absolute atomic E-state index is 0. The van der Waals surface area contributed by atoms with Gasteiger partial charge in [0.05, 0.1) is 5.92 Å². The Morgan fingerprint density at radius 3 is 2.31 bits per heavy atom. The van der Waals surface area contributed by atoms with Crippen molar-refractivity contribution < 1.29 is 9.90 Å². The summed E-state index contributed by atoms with van der Waals surface area (Å²) in [6.07, 6.45) is 2.49. The Labute approximate surface area is 109 Å². The summed E-state index contributed by atoms with van der Waals surface area (Å²) in [5.74, 6) is 0.0503. The van der Waals surface area contributed by atoms with Crippen LogP contribution >= 0.6 is 24.8 Å². The molecule has 0 aromatic heterocycles. The summed E-state index contributed by atoms with van der Waals surface area (Å²) < 4.78 is 0. The molecule has 2 fully saturated rings. The number of piperidine rings is 1. The van der Waals surface area contributed by atoms with Crippen LogP contribution < -0.4 is 5.32 Å². The predicted octanol–water partition coefficient (Wildman–Crippen LogP) is 0.846. The van der Waals surface area contributed by atoms with Gasteiger partial charge in [-0.2, -0.15) is 0 Å². The lowest BCUT2D eigenvalue weighted by Gasteiger charge is -2.39. The van der Waals surface area contributed by atoms with E-state index in [1.807, 2.05) is 0 Å². The molecule has 2 saturated heterocycles. The van der Waals surface area contributed by atoms with Crippen LogP contribution in [0.1, 0.15) is 12.8 Å². The lowest BCUT2D eigenvalue weighted by atomic mass is 9.93. The van der Waals surface area contributed by atoms with E-state index in [-0.39, 0.29) is 30.7 Å². The molecule has 2 aliphatic heterocycles. The van der Waals surface area contributed by atoms with Gasteiger partial charge in [-0.3, -0.25) is 4.79 Å². The second kappa shape index (κ2) is 7.33. The number of rotatable bonds is 3. The Kier molecular flexibility index (Phi) is 7.31. The van der Waals surface area contributed by atoms with Gasteiger partial charge in [0.15, 0.2) is 0 Å². The number of halogens is 2. The van der Waals surface area contributed by atoms with Gasteiger partial charge >= 0.3 is 5.97 Å². The van der Waals surface area contributed by atoms with E-state index in [1.54, 1.807) is 0 Å². The van der Waals surface area contributed by atoms with Crippen LogP contribution in [0.15, 0.2) is 0 Å². The van der Waals surface area contributed by atoms with Gasteiger partial charge < -0.3 is 15.3 Å². The molecule has 0 unspecified atom stereocenters. The van der Waals surface area contributed by atoms with Gasteiger partial charge in [-0.25, -0.2) is 0 Å². The number of nitrogens with zero attached hydrogens (tertiary/aromatic N) is 1. The highest BCUT2D eigenvalue weighted by molar-refractivity contribution is 5.85. The summed E-state index contributed by atoms with van der Waals surface area (Å²) in [6.45, 7) is 4.88. The molecular weight excluding hydrogens is 251 g/mol. The Morgan fingerprint density at radius 1 is 1.25 bits per heavy atom. The van der Waals surface area contributed by atoms with E-state index >= 15 is 0 Å². The fraction of sp³-hybridized carbons (Fsp3) is 0.900. The third kappa shape index (κ3) is 4.09. The van der Waals surface area contributed by atoms with Crippen molar-refractivity contribution >= 4 is 30.8 Å². The first-order valence-electron chi connectivity index (χ1n) is 5.41. The van der Waals surface area contributed by atoms with Crippen molar-refractivity contribution in [1.82, 2.24) is 10.2 Å². The van der Waals surface area contributed by atoms with Gasteiger partial charge in [-0.1, -0.05) is 0 Å². The zero-order chi connectivity index (χ0) is 9.97. The Morgan fingerprint density at radius 2 is 1.81 bits per heavy atom. The summed E-state index contributed by atoms with van der Waals surface area (Å²) in [6, 6.07) is 0. The average molecular weight is 271 g/mol. The number of carbonyl (C=O) groups is 1.